The summed E-state index contributed by atoms with van der Waals surface area (Å²) in [5.41, 5.74) is 1.94. The third-order valence-corrected chi connectivity index (χ3v) is 7.01. The van der Waals surface area contributed by atoms with Gasteiger partial charge < -0.3 is 9.47 Å². The summed E-state index contributed by atoms with van der Waals surface area (Å²) in [5.74, 6) is -0.647. The van der Waals surface area contributed by atoms with Crippen LogP contribution in [0, 0.1) is 30.9 Å². The number of carbonyl (C=O) groups is 3. The molecule has 4 rings (SSSR count). The smallest absolute Gasteiger partial charge is 0.461 e. The fourth-order valence-corrected chi connectivity index (χ4v) is 5.69. The monoisotopic (exact) mass is 420 g/mol. The summed E-state index contributed by atoms with van der Waals surface area (Å²) >= 11 is 0. The van der Waals surface area contributed by atoms with Gasteiger partial charge in [0.1, 0.15) is 25.2 Å². The first-order valence-electron chi connectivity index (χ1n) is 10.5. The van der Waals surface area contributed by atoms with Gasteiger partial charge in [-0.25, -0.2) is 22.8 Å². The molecule has 1 unspecified atom stereocenters. The highest BCUT2D eigenvalue weighted by molar-refractivity contribution is 6.03. The lowest BCUT2D eigenvalue weighted by molar-refractivity contribution is -0.141. The van der Waals surface area contributed by atoms with Crippen molar-refractivity contribution in [2.45, 2.75) is 51.6 Å². The van der Waals surface area contributed by atoms with Crippen LogP contribution in [0.3, 0.4) is 0 Å². The number of ketones is 1. The highest BCUT2D eigenvalue weighted by Crippen LogP contribution is 2.57. The van der Waals surface area contributed by atoms with E-state index in [1.54, 1.807) is 0 Å². The number of rotatable bonds is 4. The van der Waals surface area contributed by atoms with E-state index >= 15 is 0 Å². The van der Waals surface area contributed by atoms with Crippen molar-refractivity contribution in [3.8, 4) is 0 Å². The largest absolute Gasteiger partial charge is 0.510 e. The number of allylic oxidation sites excluding steroid dienone is 2. The molecule has 2 bridgehead atoms. The van der Waals surface area contributed by atoms with Crippen LogP contribution in [0.15, 0.2) is 33.9 Å². The Morgan fingerprint density at radius 2 is 1.77 bits per heavy atom. The molecule has 31 heavy (non-hydrogen) atoms. The summed E-state index contributed by atoms with van der Waals surface area (Å²) in [6.07, 6.45) is 5.29. The molecule has 160 valence electrons. The van der Waals surface area contributed by atoms with Gasteiger partial charge in [0.25, 0.3) is 0 Å². The molecular weight excluding hydrogens is 396 g/mol. The summed E-state index contributed by atoms with van der Waals surface area (Å²) in [6.45, 7) is 18.4. The lowest BCUT2D eigenvalue weighted by Gasteiger charge is -2.31. The minimum absolute atomic E-state index is 0.0392. The van der Waals surface area contributed by atoms with Crippen LogP contribution in [0.2, 0.25) is 0 Å². The van der Waals surface area contributed by atoms with E-state index in [0.29, 0.717) is 17.1 Å². The van der Waals surface area contributed by atoms with Gasteiger partial charge in [-0.15, -0.1) is 0 Å². The first kappa shape index (κ1) is 21.1. The average molecular weight is 420 g/mol. The summed E-state index contributed by atoms with van der Waals surface area (Å²) < 4.78 is 10.5. The Balaban J connectivity index is 1.93. The second-order valence-electron chi connectivity index (χ2n) is 8.77. The van der Waals surface area contributed by atoms with Crippen molar-refractivity contribution in [3.63, 3.8) is 0 Å². The first-order chi connectivity index (χ1) is 14.8. The Morgan fingerprint density at radius 3 is 2.42 bits per heavy atom. The number of esters is 2. The van der Waals surface area contributed by atoms with E-state index in [2.05, 4.69) is 15.8 Å². The van der Waals surface area contributed by atoms with E-state index < -0.39 is 17.6 Å². The predicted octanol–water partition coefficient (Wildman–Crippen LogP) is 3.59. The van der Waals surface area contributed by atoms with Crippen molar-refractivity contribution < 1.29 is 23.9 Å². The zero-order chi connectivity index (χ0) is 22.3. The zero-order valence-electron chi connectivity index (χ0n) is 17.7. The van der Waals surface area contributed by atoms with E-state index in [1.165, 1.54) is 13.8 Å². The molecule has 0 radical (unpaired) electrons. The maximum Gasteiger partial charge on any atom is 0.510 e. The number of nitrogens with zero attached hydrogens (tertiary/aromatic N) is 2. The Labute approximate surface area is 181 Å². The molecule has 3 atom stereocenters. The fourth-order valence-electron chi connectivity index (χ4n) is 5.69. The summed E-state index contributed by atoms with van der Waals surface area (Å²) in [4.78, 5) is 43.6. The third kappa shape index (κ3) is 3.49. The highest BCUT2D eigenvalue weighted by atomic mass is 16.5. The number of carbonyl (C=O) groups excluding carboxylic acids is 3. The van der Waals surface area contributed by atoms with Gasteiger partial charge in [0.2, 0.25) is 0 Å². The van der Waals surface area contributed by atoms with Gasteiger partial charge in [0.05, 0.1) is 0 Å². The topological polar surface area (TPSA) is 78.4 Å². The molecule has 0 aliphatic heterocycles. The van der Waals surface area contributed by atoms with E-state index in [4.69, 9.17) is 22.6 Å². The summed E-state index contributed by atoms with van der Waals surface area (Å²) in [6, 6.07) is 0. The number of hydrogen-bond acceptors (Lipinski definition) is 5. The van der Waals surface area contributed by atoms with Gasteiger partial charge in [-0.1, -0.05) is 6.08 Å². The van der Waals surface area contributed by atoms with Crippen molar-refractivity contribution in [1.82, 2.24) is 0 Å². The van der Waals surface area contributed by atoms with Gasteiger partial charge in [-0.2, -0.15) is 0 Å². The van der Waals surface area contributed by atoms with E-state index in [0.717, 1.165) is 36.0 Å². The first-order valence-corrected chi connectivity index (χ1v) is 10.5. The minimum Gasteiger partial charge on any atom is -0.461 e. The van der Waals surface area contributed by atoms with Crippen molar-refractivity contribution >= 4 is 17.7 Å². The van der Waals surface area contributed by atoms with Crippen LogP contribution >= 0.6 is 0 Å². The Kier molecular flexibility index (Phi) is 5.31. The number of hydrogen-bond donors (Lipinski definition) is 0. The third-order valence-electron chi connectivity index (χ3n) is 7.01. The number of fused-ring (bicyclic) bond motifs is 5. The van der Waals surface area contributed by atoms with Gasteiger partial charge >= 0.3 is 17.6 Å². The van der Waals surface area contributed by atoms with Gasteiger partial charge in [-0.05, 0) is 47.8 Å². The molecule has 0 spiro atoms. The van der Waals surface area contributed by atoms with Crippen LogP contribution in [-0.4, -0.2) is 36.6 Å². The Morgan fingerprint density at radius 1 is 1.10 bits per heavy atom. The molecule has 0 aromatic carbocycles. The maximum atomic E-state index is 12.9. The van der Waals surface area contributed by atoms with Crippen molar-refractivity contribution in [3.05, 3.63) is 56.8 Å². The van der Waals surface area contributed by atoms with E-state index in [9.17, 15) is 14.4 Å². The van der Waals surface area contributed by atoms with Crippen LogP contribution in [0.1, 0.15) is 46.0 Å². The van der Waals surface area contributed by atoms with Gasteiger partial charge in [0.15, 0.2) is 5.78 Å². The van der Waals surface area contributed by atoms with Crippen LogP contribution in [0.5, 0.6) is 0 Å². The average Bonchev–Trinajstić information content (AvgIpc) is 3.22. The van der Waals surface area contributed by atoms with Crippen LogP contribution in [-0.2, 0) is 23.9 Å². The van der Waals surface area contributed by atoms with Crippen LogP contribution < -0.4 is 0 Å². The Bertz CT molecular complexity index is 1030. The second-order valence-corrected chi connectivity index (χ2v) is 8.77. The van der Waals surface area contributed by atoms with Crippen LogP contribution in [0.4, 0.5) is 0 Å². The molecule has 0 aromatic rings. The SMILES string of the molecule is [C-]#[N+]C1([N+]#[C-])CC2=C(COC(C)=O)C(=O)CC2=C(COC(C)=O)[C@@H]2C1=C[C@H]1CCC2C1. The van der Waals surface area contributed by atoms with E-state index in [1.807, 2.05) is 0 Å². The molecule has 4 aliphatic carbocycles. The van der Waals surface area contributed by atoms with Gasteiger partial charge in [0, 0.05) is 31.8 Å². The number of Topliss-reactive ketones (excluding diaryl/α,β-unsaturated/α-hetero) is 1. The molecule has 4 aliphatic rings. The van der Waals surface area contributed by atoms with Gasteiger partial charge in [-0.3, -0.25) is 14.4 Å². The molecule has 0 N–H and O–H groups in total. The number of ether oxygens (including phenoxy) is 2. The zero-order valence-corrected chi connectivity index (χ0v) is 17.7. The van der Waals surface area contributed by atoms with Crippen molar-refractivity contribution in [2.75, 3.05) is 13.2 Å². The molecule has 1 fully saturated rings. The molecule has 7 heteroatoms. The minimum atomic E-state index is -1.43. The molecule has 0 aromatic heterocycles. The lowest BCUT2D eigenvalue weighted by atomic mass is 9.71. The normalized spacial score (nSPS) is 28.1. The summed E-state index contributed by atoms with van der Waals surface area (Å²) in [5, 5.41) is 0. The molecular formula is C24H24N2O5. The summed E-state index contributed by atoms with van der Waals surface area (Å²) in [7, 11) is 0. The molecule has 1 saturated carbocycles. The lowest BCUT2D eigenvalue weighted by Crippen LogP contribution is -2.34. The van der Waals surface area contributed by atoms with Crippen molar-refractivity contribution in [2.24, 2.45) is 17.8 Å². The Hall–Kier alpha value is -3.19. The van der Waals surface area contributed by atoms with Crippen LogP contribution in [0.25, 0.3) is 9.69 Å². The highest BCUT2D eigenvalue weighted by Gasteiger charge is 2.60. The standard InChI is InChI=1S/C24H24N2O5/c1-13(27)30-11-19-18-10-24(25-3,26-4)21-8-15-5-6-16(7-15)23(21)20(12-31-14(2)28)17(18)9-22(19)29/h8,15-16,23H,5-7,9-12H2,1-2H3/t15-,16?,23+/m0/s1. The fraction of sp³-hybridized carbons (Fsp3) is 0.542. The van der Waals surface area contributed by atoms with Crippen molar-refractivity contribution in [1.29, 1.82) is 0 Å². The predicted molar refractivity (Wildman–Crippen MR) is 110 cm³/mol. The van der Waals surface area contributed by atoms with E-state index in [-0.39, 0.29) is 43.7 Å². The molecule has 0 heterocycles. The molecule has 0 amide bonds. The molecule has 0 saturated heterocycles. The maximum absolute atomic E-state index is 12.9. The molecule has 7 nitrogen and oxygen atoms in total. The quantitative estimate of drug-likeness (QED) is 0.395. The second kappa shape index (κ2) is 7.81.